The van der Waals surface area contributed by atoms with E-state index in [0.717, 1.165) is 0 Å². The fourth-order valence-corrected chi connectivity index (χ4v) is 3.12. The van der Waals surface area contributed by atoms with Crippen LogP contribution in [0.25, 0.3) is 0 Å². The molecule has 0 unspecified atom stereocenters. The molecule has 23 heavy (non-hydrogen) atoms. The predicted molar refractivity (Wildman–Crippen MR) is 97.9 cm³/mol. The molecule has 0 heterocycles. The van der Waals surface area contributed by atoms with E-state index < -0.39 is 0 Å². The molecule has 142 valence electrons. The third-order valence-corrected chi connectivity index (χ3v) is 2.72. The summed E-state index contributed by atoms with van der Waals surface area (Å²) in [5.41, 5.74) is 0.292. The maximum absolute atomic E-state index is 2.19. The topological polar surface area (TPSA) is 19.4 Å². The molecule has 0 spiro atoms. The molecule has 0 aliphatic heterocycles. The van der Waals surface area contributed by atoms with Crippen LogP contribution >= 0.6 is 0 Å². The fraction of sp³-hybridized carbons (Fsp3) is 1.00. The van der Waals surface area contributed by atoms with E-state index >= 15 is 0 Å². The third kappa shape index (κ3) is 11.6. The number of hydrazine groups is 4. The van der Waals surface area contributed by atoms with Crippen molar-refractivity contribution in [3.05, 3.63) is 0 Å². The zero-order chi connectivity index (χ0) is 18.5. The largest absolute Gasteiger partial charge is 0.234 e. The van der Waals surface area contributed by atoms with Crippen LogP contribution in [0.1, 0.15) is 41.5 Å². The first-order valence-electron chi connectivity index (χ1n) is 7.82. The smallest absolute Gasteiger partial charge is 0.0430 e. The van der Waals surface area contributed by atoms with Crippen LogP contribution in [-0.4, -0.2) is 97.7 Å². The second-order valence-corrected chi connectivity index (χ2v) is 8.31. The third-order valence-electron chi connectivity index (χ3n) is 2.72. The van der Waals surface area contributed by atoms with Gasteiger partial charge in [0.15, 0.2) is 0 Å². The molecule has 0 amide bonds. The Labute approximate surface area is 160 Å². The Morgan fingerprint density at radius 3 is 0.522 bits per heavy atom. The standard InChI is InChI=1S/2C8H21N3.W/c2*1-8(2,3)11(9(4)5)10(6)7;/h2*1-7H3;. The van der Waals surface area contributed by atoms with Gasteiger partial charge in [0, 0.05) is 88.5 Å². The molecule has 0 aromatic carbocycles. The Balaban J connectivity index is -0.000000333. The van der Waals surface area contributed by atoms with Crippen molar-refractivity contribution in [1.29, 1.82) is 0 Å². The average Bonchev–Trinajstić information content (AvgIpc) is 2.08. The molecule has 0 saturated carbocycles. The SMILES string of the molecule is CN(C)N(N(C)C)C(C)(C)C.CN(C)N(N(C)C)C(C)(C)C.[W]. The molecule has 0 aromatic heterocycles. The van der Waals surface area contributed by atoms with Gasteiger partial charge in [0.25, 0.3) is 0 Å². The summed E-state index contributed by atoms with van der Waals surface area (Å²) in [5.74, 6) is 0. The van der Waals surface area contributed by atoms with Crippen LogP contribution in [0.4, 0.5) is 0 Å². The zero-order valence-corrected chi connectivity index (χ0v) is 21.0. The van der Waals surface area contributed by atoms with E-state index in [1.165, 1.54) is 0 Å². The molecule has 0 fully saturated rings. The van der Waals surface area contributed by atoms with E-state index in [4.69, 9.17) is 0 Å². The zero-order valence-electron chi connectivity index (χ0n) is 18.1. The number of nitrogens with zero attached hydrogens (tertiary/aromatic N) is 6. The van der Waals surface area contributed by atoms with Gasteiger partial charge in [-0.3, -0.25) is 0 Å². The summed E-state index contributed by atoms with van der Waals surface area (Å²) in [6.45, 7) is 13.1. The molecule has 0 aromatic rings. The Morgan fingerprint density at radius 2 is 0.522 bits per heavy atom. The quantitative estimate of drug-likeness (QED) is 0.545. The van der Waals surface area contributed by atoms with E-state index in [1.807, 2.05) is 56.4 Å². The molecule has 0 rings (SSSR count). The molecule has 0 aliphatic carbocycles. The van der Waals surface area contributed by atoms with Gasteiger partial charge in [0.1, 0.15) is 0 Å². The molecule has 0 aliphatic rings. The van der Waals surface area contributed by atoms with E-state index in [9.17, 15) is 0 Å². The number of rotatable bonds is 4. The number of hydrogen-bond donors (Lipinski definition) is 0. The van der Waals surface area contributed by atoms with Gasteiger partial charge in [0.2, 0.25) is 0 Å². The van der Waals surface area contributed by atoms with Gasteiger partial charge >= 0.3 is 0 Å². The van der Waals surface area contributed by atoms with Crippen molar-refractivity contribution in [2.75, 3.05) is 56.4 Å². The Bertz CT molecular complexity index is 246. The molecule has 0 atom stereocenters. The summed E-state index contributed by atoms with van der Waals surface area (Å²) in [6, 6.07) is 0. The Kier molecular flexibility index (Phi) is 13.7. The van der Waals surface area contributed by atoms with Gasteiger partial charge in [-0.15, -0.1) is 0 Å². The first kappa shape index (κ1) is 28.3. The summed E-state index contributed by atoms with van der Waals surface area (Å²) in [5, 5.41) is 12.7. The first-order valence-corrected chi connectivity index (χ1v) is 7.82. The van der Waals surface area contributed by atoms with Crippen molar-refractivity contribution >= 4 is 0 Å². The van der Waals surface area contributed by atoms with Crippen LogP contribution in [0.5, 0.6) is 0 Å². The minimum atomic E-state index is 0. The summed E-state index contributed by atoms with van der Waals surface area (Å²) in [4.78, 5) is 0. The van der Waals surface area contributed by atoms with E-state index in [-0.39, 0.29) is 32.1 Å². The molecule has 0 bridgehead atoms. The van der Waals surface area contributed by atoms with Crippen LogP contribution in [0.15, 0.2) is 0 Å². The van der Waals surface area contributed by atoms with E-state index in [1.54, 1.807) is 0 Å². The Hall–Kier alpha value is 0.448. The number of hydrogen-bond acceptors (Lipinski definition) is 6. The summed E-state index contributed by atoms with van der Waals surface area (Å²) < 4.78 is 0. The minimum absolute atomic E-state index is 0. The van der Waals surface area contributed by atoms with Crippen LogP contribution < -0.4 is 0 Å². The van der Waals surface area contributed by atoms with Crippen LogP contribution in [0, 0.1) is 0 Å². The van der Waals surface area contributed by atoms with Crippen LogP contribution in [-0.2, 0) is 21.1 Å². The van der Waals surface area contributed by atoms with Crippen molar-refractivity contribution in [2.24, 2.45) is 0 Å². The summed E-state index contributed by atoms with van der Waals surface area (Å²) >= 11 is 0. The minimum Gasteiger partial charge on any atom is -0.234 e. The monoisotopic (exact) mass is 502 g/mol. The van der Waals surface area contributed by atoms with Gasteiger partial charge < -0.3 is 0 Å². The maximum Gasteiger partial charge on any atom is 0.0430 e. The second kappa shape index (κ2) is 11.1. The average molecular weight is 502 g/mol. The summed E-state index contributed by atoms with van der Waals surface area (Å²) in [6.07, 6.45) is 0. The normalized spacial score (nSPS) is 13.0. The van der Waals surface area contributed by atoms with Crippen molar-refractivity contribution in [2.45, 2.75) is 52.6 Å². The second-order valence-electron chi connectivity index (χ2n) is 8.31. The van der Waals surface area contributed by atoms with Gasteiger partial charge in [-0.05, 0) is 41.5 Å². The van der Waals surface area contributed by atoms with Gasteiger partial charge in [-0.2, -0.15) is 10.2 Å². The molecule has 7 heteroatoms. The maximum atomic E-state index is 2.19. The first-order chi connectivity index (χ1) is 9.53. The van der Waals surface area contributed by atoms with Crippen molar-refractivity contribution in [1.82, 2.24) is 30.3 Å². The van der Waals surface area contributed by atoms with Gasteiger partial charge in [-0.1, -0.05) is 0 Å². The van der Waals surface area contributed by atoms with E-state index in [2.05, 4.69) is 71.8 Å². The summed E-state index contributed by atoms with van der Waals surface area (Å²) in [7, 11) is 16.4. The van der Waals surface area contributed by atoms with Gasteiger partial charge in [-0.25, -0.2) is 20.0 Å². The van der Waals surface area contributed by atoms with Crippen molar-refractivity contribution in [3.63, 3.8) is 0 Å². The molecule has 0 saturated heterocycles. The molecule has 0 N–H and O–H groups in total. The molecular formula is C16H42N6W. The molecule has 0 radical (unpaired) electrons. The van der Waals surface area contributed by atoms with Crippen molar-refractivity contribution in [3.8, 4) is 0 Å². The molecule has 6 nitrogen and oxygen atoms in total. The Morgan fingerprint density at radius 1 is 0.391 bits per heavy atom. The van der Waals surface area contributed by atoms with E-state index in [0.29, 0.717) is 0 Å². The van der Waals surface area contributed by atoms with Crippen molar-refractivity contribution < 1.29 is 21.1 Å². The van der Waals surface area contributed by atoms with Gasteiger partial charge in [0.05, 0.1) is 0 Å². The van der Waals surface area contributed by atoms with Crippen LogP contribution in [0.3, 0.4) is 0 Å². The molecular weight excluding hydrogens is 460 g/mol. The predicted octanol–water partition coefficient (Wildman–Crippen LogP) is 2.08. The fourth-order valence-electron chi connectivity index (χ4n) is 3.12. The van der Waals surface area contributed by atoms with Crippen LogP contribution in [0.2, 0.25) is 0 Å².